The van der Waals surface area contributed by atoms with Crippen LogP contribution in [0.4, 0.5) is 0 Å². The second kappa shape index (κ2) is 6.87. The van der Waals surface area contributed by atoms with E-state index in [9.17, 15) is 0 Å². The minimum absolute atomic E-state index is 0.207. The third kappa shape index (κ3) is 4.80. The lowest BCUT2D eigenvalue weighted by Crippen LogP contribution is -2.42. The van der Waals surface area contributed by atoms with Gasteiger partial charge >= 0.3 is 0 Å². The number of nitrogens with two attached hydrogens (primary N) is 1. The highest BCUT2D eigenvalue weighted by Crippen LogP contribution is 2.16. The van der Waals surface area contributed by atoms with Crippen LogP contribution >= 0.6 is 12.2 Å². The number of thiocarbonyl (C=S) groups is 1. The molecule has 3 nitrogen and oxygen atoms in total. The summed E-state index contributed by atoms with van der Waals surface area (Å²) in [5, 5.41) is 0. The molecule has 0 atom stereocenters. The SMILES string of the molecule is CCC(C)(C)N(C)CCOc1ccc(C(N)=S)cc1. The molecule has 2 N–H and O–H groups in total. The van der Waals surface area contributed by atoms with Gasteiger partial charge in [0.1, 0.15) is 17.3 Å². The quantitative estimate of drug-likeness (QED) is 0.780. The van der Waals surface area contributed by atoms with Gasteiger partial charge in [-0.2, -0.15) is 0 Å². The molecule has 0 saturated heterocycles. The van der Waals surface area contributed by atoms with Crippen molar-refractivity contribution in [3.63, 3.8) is 0 Å². The molecule has 0 spiro atoms. The number of ether oxygens (including phenoxy) is 1. The zero-order valence-corrected chi connectivity index (χ0v) is 13.1. The fraction of sp³-hybridized carbons (Fsp3) is 0.533. The number of hydrogen-bond acceptors (Lipinski definition) is 3. The summed E-state index contributed by atoms with van der Waals surface area (Å²) in [5.41, 5.74) is 6.63. The van der Waals surface area contributed by atoms with Crippen molar-refractivity contribution in [2.45, 2.75) is 32.7 Å². The van der Waals surface area contributed by atoms with E-state index in [1.807, 2.05) is 24.3 Å². The molecule has 19 heavy (non-hydrogen) atoms. The van der Waals surface area contributed by atoms with Crippen LogP contribution in [0.1, 0.15) is 32.8 Å². The normalized spacial score (nSPS) is 11.6. The molecule has 0 bridgehead atoms. The summed E-state index contributed by atoms with van der Waals surface area (Å²) in [6, 6.07) is 7.58. The Bertz CT molecular complexity index is 415. The molecule has 0 unspecified atom stereocenters. The molecular formula is C15H24N2OS. The smallest absolute Gasteiger partial charge is 0.119 e. The molecule has 0 aliphatic rings. The van der Waals surface area contributed by atoms with Crippen molar-refractivity contribution < 1.29 is 4.74 Å². The highest BCUT2D eigenvalue weighted by atomic mass is 32.1. The van der Waals surface area contributed by atoms with Crippen LogP contribution in [0.2, 0.25) is 0 Å². The van der Waals surface area contributed by atoms with Crippen LogP contribution in [0.25, 0.3) is 0 Å². The predicted octanol–water partition coefficient (Wildman–Crippen LogP) is 2.82. The Balaban J connectivity index is 2.43. The monoisotopic (exact) mass is 280 g/mol. The van der Waals surface area contributed by atoms with Crippen molar-refractivity contribution in [2.24, 2.45) is 5.73 Å². The molecule has 0 radical (unpaired) electrons. The van der Waals surface area contributed by atoms with Gasteiger partial charge in [-0.1, -0.05) is 19.1 Å². The molecular weight excluding hydrogens is 256 g/mol. The first kappa shape index (κ1) is 15.9. The predicted molar refractivity (Wildman–Crippen MR) is 84.8 cm³/mol. The molecule has 106 valence electrons. The Hall–Kier alpha value is -1.13. The van der Waals surface area contributed by atoms with Gasteiger partial charge in [0.2, 0.25) is 0 Å². The van der Waals surface area contributed by atoms with Crippen LogP contribution in [-0.2, 0) is 0 Å². The number of benzene rings is 1. The van der Waals surface area contributed by atoms with Gasteiger partial charge in [-0.3, -0.25) is 4.90 Å². The van der Waals surface area contributed by atoms with E-state index >= 15 is 0 Å². The van der Waals surface area contributed by atoms with Gasteiger partial charge in [0.05, 0.1) is 0 Å². The summed E-state index contributed by atoms with van der Waals surface area (Å²) < 4.78 is 5.73. The van der Waals surface area contributed by atoms with Crippen molar-refractivity contribution >= 4 is 17.2 Å². The third-order valence-corrected chi connectivity index (χ3v) is 3.97. The van der Waals surface area contributed by atoms with Gasteiger partial charge in [-0.15, -0.1) is 0 Å². The molecule has 4 heteroatoms. The Morgan fingerprint density at radius 3 is 2.37 bits per heavy atom. The van der Waals surface area contributed by atoms with Crippen molar-refractivity contribution in [1.82, 2.24) is 4.90 Å². The van der Waals surface area contributed by atoms with Crippen LogP contribution < -0.4 is 10.5 Å². The summed E-state index contributed by atoms with van der Waals surface area (Å²) in [5.74, 6) is 0.850. The Morgan fingerprint density at radius 2 is 1.89 bits per heavy atom. The fourth-order valence-corrected chi connectivity index (χ4v) is 1.72. The molecule has 0 heterocycles. The van der Waals surface area contributed by atoms with E-state index in [1.54, 1.807) is 0 Å². The first-order chi connectivity index (χ1) is 8.86. The lowest BCUT2D eigenvalue weighted by Gasteiger charge is -2.34. The maximum absolute atomic E-state index is 5.73. The van der Waals surface area contributed by atoms with Gasteiger partial charge in [0.25, 0.3) is 0 Å². The largest absolute Gasteiger partial charge is 0.492 e. The third-order valence-electron chi connectivity index (χ3n) is 3.73. The molecule has 0 aromatic heterocycles. The number of rotatable bonds is 7. The summed E-state index contributed by atoms with van der Waals surface area (Å²) in [4.78, 5) is 2.73. The Labute approximate surface area is 121 Å². The van der Waals surface area contributed by atoms with E-state index in [4.69, 9.17) is 22.7 Å². The van der Waals surface area contributed by atoms with Crippen LogP contribution in [0, 0.1) is 0 Å². The highest BCUT2D eigenvalue weighted by Gasteiger charge is 2.20. The van der Waals surface area contributed by atoms with Crippen LogP contribution in [0.5, 0.6) is 5.75 Å². The van der Waals surface area contributed by atoms with Gasteiger partial charge < -0.3 is 10.5 Å². The minimum atomic E-state index is 0.207. The fourth-order valence-electron chi connectivity index (χ4n) is 1.59. The van der Waals surface area contributed by atoms with Crippen LogP contribution in [0.15, 0.2) is 24.3 Å². The van der Waals surface area contributed by atoms with Crippen molar-refractivity contribution in [1.29, 1.82) is 0 Å². The summed E-state index contributed by atoms with van der Waals surface area (Å²) in [7, 11) is 2.13. The van der Waals surface area contributed by atoms with Crippen LogP contribution in [-0.4, -0.2) is 35.6 Å². The van der Waals surface area contributed by atoms with Gasteiger partial charge in [0, 0.05) is 17.6 Å². The first-order valence-corrected chi connectivity index (χ1v) is 7.01. The Morgan fingerprint density at radius 1 is 1.32 bits per heavy atom. The maximum Gasteiger partial charge on any atom is 0.119 e. The number of hydrogen-bond donors (Lipinski definition) is 1. The molecule has 1 aromatic rings. The van der Waals surface area contributed by atoms with E-state index in [2.05, 4.69) is 32.7 Å². The zero-order chi connectivity index (χ0) is 14.5. The van der Waals surface area contributed by atoms with Crippen LogP contribution in [0.3, 0.4) is 0 Å². The zero-order valence-electron chi connectivity index (χ0n) is 12.3. The lowest BCUT2D eigenvalue weighted by molar-refractivity contribution is 0.125. The average Bonchev–Trinajstić information content (AvgIpc) is 2.39. The number of likely N-dealkylation sites (N-methyl/N-ethyl adjacent to an activating group) is 1. The standard InChI is InChI=1S/C15H24N2OS/c1-5-15(2,3)17(4)10-11-18-13-8-6-12(7-9-13)14(16)19/h6-9H,5,10-11H2,1-4H3,(H2,16,19). The summed E-state index contributed by atoms with van der Waals surface area (Å²) >= 11 is 4.91. The lowest BCUT2D eigenvalue weighted by atomic mass is 10.0. The molecule has 0 aliphatic carbocycles. The molecule has 0 aliphatic heterocycles. The average molecular weight is 280 g/mol. The molecule has 0 saturated carbocycles. The van der Waals surface area contributed by atoms with Gasteiger partial charge in [-0.05, 0) is 51.6 Å². The molecule has 0 fully saturated rings. The second-order valence-corrected chi connectivity index (χ2v) is 5.76. The van der Waals surface area contributed by atoms with E-state index in [-0.39, 0.29) is 5.54 Å². The molecule has 1 aromatic carbocycles. The van der Waals surface area contributed by atoms with Crippen molar-refractivity contribution in [3.05, 3.63) is 29.8 Å². The maximum atomic E-state index is 5.73. The van der Waals surface area contributed by atoms with E-state index in [1.165, 1.54) is 0 Å². The second-order valence-electron chi connectivity index (χ2n) is 5.32. The highest BCUT2D eigenvalue weighted by molar-refractivity contribution is 7.80. The first-order valence-electron chi connectivity index (χ1n) is 6.60. The van der Waals surface area contributed by atoms with E-state index in [0.29, 0.717) is 11.6 Å². The summed E-state index contributed by atoms with van der Waals surface area (Å²) in [6.07, 6.45) is 1.12. The Kier molecular flexibility index (Phi) is 5.76. The minimum Gasteiger partial charge on any atom is -0.492 e. The van der Waals surface area contributed by atoms with E-state index in [0.717, 1.165) is 24.3 Å². The topological polar surface area (TPSA) is 38.5 Å². The van der Waals surface area contributed by atoms with E-state index < -0.39 is 0 Å². The van der Waals surface area contributed by atoms with Crippen molar-refractivity contribution in [2.75, 3.05) is 20.2 Å². The summed E-state index contributed by atoms with van der Waals surface area (Å²) in [6.45, 7) is 8.25. The molecule has 0 amide bonds. The van der Waals surface area contributed by atoms with Crippen molar-refractivity contribution in [3.8, 4) is 5.75 Å². The molecule has 1 rings (SSSR count). The number of nitrogens with zero attached hydrogens (tertiary/aromatic N) is 1. The van der Waals surface area contributed by atoms with Gasteiger partial charge in [0.15, 0.2) is 0 Å². The van der Waals surface area contributed by atoms with Gasteiger partial charge in [-0.25, -0.2) is 0 Å².